The molecule has 0 radical (unpaired) electrons. The molecule has 1 heterocycles. The summed E-state index contributed by atoms with van der Waals surface area (Å²) in [6, 6.07) is 3.28. The highest BCUT2D eigenvalue weighted by atomic mass is 16.5. The van der Waals surface area contributed by atoms with Gasteiger partial charge >= 0.3 is 5.97 Å². The molecule has 0 saturated heterocycles. The number of rotatable bonds is 4. The van der Waals surface area contributed by atoms with Gasteiger partial charge in [-0.05, 0) is 19.1 Å². The van der Waals surface area contributed by atoms with Crippen molar-refractivity contribution in [2.24, 2.45) is 0 Å². The zero-order valence-electron chi connectivity index (χ0n) is 8.77. The molecule has 4 heteroatoms. The fourth-order valence-electron chi connectivity index (χ4n) is 1.01. The topological polar surface area (TPSA) is 48.4 Å². The van der Waals surface area contributed by atoms with Gasteiger partial charge in [-0.2, -0.15) is 0 Å². The summed E-state index contributed by atoms with van der Waals surface area (Å²) in [5.74, 6) is -0.152. The molecule has 0 amide bonds. The summed E-state index contributed by atoms with van der Waals surface area (Å²) in [7, 11) is 1.46. The van der Waals surface area contributed by atoms with E-state index < -0.39 is 5.97 Å². The molecule has 0 atom stereocenters. The number of esters is 1. The molecule has 0 fully saturated rings. The quantitative estimate of drug-likeness (QED) is 0.558. The van der Waals surface area contributed by atoms with Crippen LogP contribution in [0.5, 0.6) is 5.88 Å². The van der Waals surface area contributed by atoms with Crippen molar-refractivity contribution in [1.82, 2.24) is 4.98 Å². The van der Waals surface area contributed by atoms with Crippen LogP contribution in [0.1, 0.15) is 17.3 Å². The Bertz CT molecular complexity index is 361. The van der Waals surface area contributed by atoms with Crippen molar-refractivity contribution < 1.29 is 14.3 Å². The van der Waals surface area contributed by atoms with Gasteiger partial charge in [0, 0.05) is 6.20 Å². The molecule has 0 N–H and O–H groups in total. The summed E-state index contributed by atoms with van der Waals surface area (Å²) in [6.45, 7) is 2.12. The van der Waals surface area contributed by atoms with E-state index >= 15 is 0 Å². The van der Waals surface area contributed by atoms with Crippen LogP contribution in [0.2, 0.25) is 0 Å². The Morgan fingerprint density at radius 2 is 2.40 bits per heavy atom. The van der Waals surface area contributed by atoms with E-state index in [2.05, 4.69) is 4.98 Å². The minimum Gasteiger partial charge on any atom is -0.480 e. The van der Waals surface area contributed by atoms with E-state index in [0.717, 1.165) is 0 Å². The van der Waals surface area contributed by atoms with Crippen molar-refractivity contribution in [1.29, 1.82) is 0 Å². The van der Waals surface area contributed by atoms with Crippen molar-refractivity contribution in [2.45, 2.75) is 6.92 Å². The minimum absolute atomic E-state index is 0.257. The lowest BCUT2D eigenvalue weighted by Gasteiger charge is -2.05. The summed E-state index contributed by atoms with van der Waals surface area (Å²) >= 11 is 0. The third-order valence-electron chi connectivity index (χ3n) is 1.73. The first-order valence-electron chi connectivity index (χ1n) is 4.57. The van der Waals surface area contributed by atoms with E-state index in [1.807, 2.05) is 13.0 Å². The molecule has 0 bridgehead atoms. The Morgan fingerprint density at radius 3 is 3.07 bits per heavy atom. The number of methoxy groups -OCH3 is 1. The maximum Gasteiger partial charge on any atom is 0.343 e. The average Bonchev–Trinajstić information content (AvgIpc) is 2.29. The van der Waals surface area contributed by atoms with E-state index in [1.54, 1.807) is 24.4 Å². The fourth-order valence-corrected chi connectivity index (χ4v) is 1.01. The zero-order valence-corrected chi connectivity index (χ0v) is 8.77. The maximum atomic E-state index is 11.5. The first kappa shape index (κ1) is 11.2. The van der Waals surface area contributed by atoms with Gasteiger partial charge in [-0.15, -0.1) is 0 Å². The SMILES string of the molecule is C/C=C/COC(=O)c1cccnc1OC. The Morgan fingerprint density at radius 1 is 1.60 bits per heavy atom. The molecule has 0 aromatic carbocycles. The zero-order chi connectivity index (χ0) is 11.1. The van der Waals surface area contributed by atoms with Crippen LogP contribution < -0.4 is 4.74 Å². The molecule has 0 aliphatic heterocycles. The summed E-state index contributed by atoms with van der Waals surface area (Å²) in [4.78, 5) is 15.4. The molecule has 1 rings (SSSR count). The number of aromatic nitrogens is 1. The lowest BCUT2D eigenvalue weighted by molar-refractivity contribution is 0.0545. The van der Waals surface area contributed by atoms with E-state index in [0.29, 0.717) is 5.56 Å². The molecule has 0 aliphatic carbocycles. The lowest BCUT2D eigenvalue weighted by atomic mass is 10.3. The Hall–Kier alpha value is -1.84. The van der Waals surface area contributed by atoms with Gasteiger partial charge in [0.15, 0.2) is 0 Å². The summed E-state index contributed by atoms with van der Waals surface area (Å²) in [6.07, 6.45) is 5.12. The first-order valence-corrected chi connectivity index (χ1v) is 4.57. The predicted octanol–water partition coefficient (Wildman–Crippen LogP) is 1.82. The summed E-state index contributed by atoms with van der Waals surface area (Å²) in [5, 5.41) is 0. The standard InChI is InChI=1S/C11H13NO3/c1-3-4-8-15-11(13)9-6-5-7-12-10(9)14-2/h3-7H,8H2,1-2H3/b4-3+. The highest BCUT2D eigenvalue weighted by Crippen LogP contribution is 2.14. The van der Waals surface area contributed by atoms with Crippen LogP contribution in [0.25, 0.3) is 0 Å². The molecule has 15 heavy (non-hydrogen) atoms. The van der Waals surface area contributed by atoms with Crippen LogP contribution in [0.3, 0.4) is 0 Å². The minimum atomic E-state index is -0.432. The summed E-state index contributed by atoms with van der Waals surface area (Å²) < 4.78 is 9.91. The van der Waals surface area contributed by atoms with E-state index in [9.17, 15) is 4.79 Å². The van der Waals surface area contributed by atoms with E-state index in [-0.39, 0.29) is 12.5 Å². The van der Waals surface area contributed by atoms with Gasteiger partial charge in [0.1, 0.15) is 12.2 Å². The molecule has 0 aliphatic rings. The second kappa shape index (κ2) is 5.80. The molecule has 1 aromatic heterocycles. The Balaban J connectivity index is 2.72. The Kier molecular flexibility index (Phi) is 4.34. The number of nitrogens with zero attached hydrogens (tertiary/aromatic N) is 1. The van der Waals surface area contributed by atoms with Crippen molar-refractivity contribution in [3.8, 4) is 5.88 Å². The lowest BCUT2D eigenvalue weighted by Crippen LogP contribution is -2.07. The van der Waals surface area contributed by atoms with Crippen LogP contribution in [0, 0.1) is 0 Å². The van der Waals surface area contributed by atoms with E-state index in [4.69, 9.17) is 9.47 Å². The number of allylic oxidation sites excluding steroid dienone is 1. The maximum absolute atomic E-state index is 11.5. The van der Waals surface area contributed by atoms with Gasteiger partial charge in [0.2, 0.25) is 5.88 Å². The first-order chi connectivity index (χ1) is 7.29. The van der Waals surface area contributed by atoms with Crippen LogP contribution in [0.4, 0.5) is 0 Å². The smallest absolute Gasteiger partial charge is 0.343 e. The fraction of sp³-hybridized carbons (Fsp3) is 0.273. The second-order valence-electron chi connectivity index (χ2n) is 2.73. The third kappa shape index (κ3) is 3.09. The van der Waals surface area contributed by atoms with Crippen molar-refractivity contribution in [2.75, 3.05) is 13.7 Å². The number of pyridine rings is 1. The predicted molar refractivity (Wildman–Crippen MR) is 55.9 cm³/mol. The molecule has 0 unspecified atom stereocenters. The van der Waals surface area contributed by atoms with Crippen LogP contribution in [0.15, 0.2) is 30.5 Å². The second-order valence-corrected chi connectivity index (χ2v) is 2.73. The molecule has 0 saturated carbocycles. The van der Waals surface area contributed by atoms with Gasteiger partial charge in [0.25, 0.3) is 0 Å². The molecular weight excluding hydrogens is 194 g/mol. The molecular formula is C11H13NO3. The number of carbonyl (C=O) groups is 1. The van der Waals surface area contributed by atoms with Gasteiger partial charge in [-0.3, -0.25) is 0 Å². The number of carbonyl (C=O) groups excluding carboxylic acids is 1. The van der Waals surface area contributed by atoms with E-state index in [1.165, 1.54) is 7.11 Å². The largest absolute Gasteiger partial charge is 0.480 e. The summed E-state index contributed by atoms with van der Waals surface area (Å²) in [5.41, 5.74) is 0.338. The highest BCUT2D eigenvalue weighted by Gasteiger charge is 2.13. The average molecular weight is 207 g/mol. The number of ether oxygens (including phenoxy) is 2. The Labute approximate surface area is 88.5 Å². The monoisotopic (exact) mass is 207 g/mol. The highest BCUT2D eigenvalue weighted by molar-refractivity contribution is 5.91. The molecule has 80 valence electrons. The molecule has 0 spiro atoms. The molecule has 4 nitrogen and oxygen atoms in total. The number of hydrogen-bond donors (Lipinski definition) is 0. The molecule has 1 aromatic rings. The van der Waals surface area contributed by atoms with Gasteiger partial charge < -0.3 is 9.47 Å². The van der Waals surface area contributed by atoms with Crippen molar-refractivity contribution in [3.05, 3.63) is 36.0 Å². The van der Waals surface area contributed by atoms with Crippen LogP contribution in [-0.2, 0) is 4.74 Å². The van der Waals surface area contributed by atoms with Crippen LogP contribution in [-0.4, -0.2) is 24.7 Å². The third-order valence-corrected chi connectivity index (χ3v) is 1.73. The normalized spacial score (nSPS) is 10.3. The van der Waals surface area contributed by atoms with Gasteiger partial charge in [-0.1, -0.05) is 12.2 Å². The van der Waals surface area contributed by atoms with Gasteiger partial charge in [-0.25, -0.2) is 9.78 Å². The van der Waals surface area contributed by atoms with Crippen molar-refractivity contribution >= 4 is 5.97 Å². The number of hydrogen-bond acceptors (Lipinski definition) is 4. The van der Waals surface area contributed by atoms with Crippen LogP contribution >= 0.6 is 0 Å². The van der Waals surface area contributed by atoms with Crippen molar-refractivity contribution in [3.63, 3.8) is 0 Å². The van der Waals surface area contributed by atoms with Gasteiger partial charge in [0.05, 0.1) is 7.11 Å².